The van der Waals surface area contributed by atoms with Crippen LogP contribution in [-0.2, 0) is 20.9 Å². The third-order valence-electron chi connectivity index (χ3n) is 3.59. The smallest absolute Gasteiger partial charge is 0.325 e. The monoisotopic (exact) mass is 348 g/mol. The third kappa shape index (κ3) is 4.23. The highest BCUT2D eigenvalue weighted by Crippen LogP contribution is 2.27. The van der Waals surface area contributed by atoms with Gasteiger partial charge in [0, 0.05) is 10.8 Å². The summed E-state index contributed by atoms with van der Waals surface area (Å²) < 4.78 is 5.18. The fourth-order valence-corrected chi connectivity index (χ4v) is 2.33. The number of benzene rings is 1. The van der Waals surface area contributed by atoms with Crippen molar-refractivity contribution < 1.29 is 14.3 Å². The van der Waals surface area contributed by atoms with Gasteiger partial charge < -0.3 is 10.1 Å². The van der Waals surface area contributed by atoms with Gasteiger partial charge in [-0.1, -0.05) is 50.6 Å². The number of aromatic nitrogens is 1. The zero-order valence-electron chi connectivity index (χ0n) is 14.3. The molecule has 1 aromatic heterocycles. The molecule has 0 aliphatic rings. The molecule has 0 saturated heterocycles. The zero-order valence-corrected chi connectivity index (χ0v) is 15.0. The van der Waals surface area contributed by atoms with Gasteiger partial charge in [-0.25, -0.2) is 4.98 Å². The molecule has 2 aromatic rings. The predicted molar refractivity (Wildman–Crippen MR) is 93.8 cm³/mol. The van der Waals surface area contributed by atoms with Gasteiger partial charge in [0.2, 0.25) is 5.91 Å². The molecule has 24 heavy (non-hydrogen) atoms. The predicted octanol–water partition coefficient (Wildman–Crippen LogP) is 3.40. The first-order chi connectivity index (χ1) is 11.2. The minimum atomic E-state index is -0.555. The van der Waals surface area contributed by atoms with E-state index in [2.05, 4.69) is 10.3 Å². The Morgan fingerprint density at radius 2 is 1.92 bits per heavy atom. The van der Waals surface area contributed by atoms with Gasteiger partial charge in [-0.3, -0.25) is 9.59 Å². The minimum Gasteiger partial charge on any atom is -0.458 e. The molecule has 0 aliphatic carbocycles. The summed E-state index contributed by atoms with van der Waals surface area (Å²) in [6, 6.07) is 7.64. The lowest BCUT2D eigenvalue weighted by Gasteiger charge is -2.17. The molecule has 0 unspecified atom stereocenters. The van der Waals surface area contributed by atoms with Gasteiger partial charge in [0.05, 0.1) is 16.2 Å². The summed E-state index contributed by atoms with van der Waals surface area (Å²) in [5.74, 6) is -0.742. The lowest BCUT2D eigenvalue weighted by molar-refractivity contribution is -0.146. The Labute approximate surface area is 146 Å². The van der Waals surface area contributed by atoms with Crippen LogP contribution in [0.15, 0.2) is 24.3 Å². The summed E-state index contributed by atoms with van der Waals surface area (Å²) in [6.45, 7) is 7.01. The molecule has 1 amide bonds. The average Bonchev–Trinajstić information content (AvgIpc) is 2.53. The van der Waals surface area contributed by atoms with Crippen LogP contribution < -0.4 is 5.32 Å². The number of rotatable bonds is 4. The highest BCUT2D eigenvalue weighted by Gasteiger charge is 2.21. The van der Waals surface area contributed by atoms with E-state index in [1.54, 1.807) is 20.8 Å². The van der Waals surface area contributed by atoms with E-state index < -0.39 is 11.4 Å². The van der Waals surface area contributed by atoms with Gasteiger partial charge in [0.1, 0.15) is 13.2 Å². The second-order valence-corrected chi connectivity index (χ2v) is 6.99. The summed E-state index contributed by atoms with van der Waals surface area (Å²) in [4.78, 5) is 28.0. The van der Waals surface area contributed by atoms with Crippen molar-refractivity contribution in [1.82, 2.24) is 10.3 Å². The number of fused-ring (bicyclic) bond motifs is 1. The average molecular weight is 349 g/mol. The number of esters is 1. The van der Waals surface area contributed by atoms with Crippen LogP contribution in [-0.4, -0.2) is 23.4 Å². The maximum Gasteiger partial charge on any atom is 0.325 e. The number of amides is 1. The third-order valence-corrected chi connectivity index (χ3v) is 4.09. The standard InChI is InChI=1S/C18H21ClN2O3/c1-11-12-7-5-6-8-13(12)21-14(16(11)19)10-24-15(22)9-20-17(23)18(2,3)4/h5-8H,9-10H2,1-4H3,(H,20,23). The SMILES string of the molecule is Cc1c(Cl)c(COC(=O)CNC(=O)C(C)(C)C)nc2ccccc12. The first-order valence-corrected chi connectivity index (χ1v) is 8.05. The van der Waals surface area contributed by atoms with Crippen LogP contribution in [0.4, 0.5) is 0 Å². The van der Waals surface area contributed by atoms with E-state index in [0.29, 0.717) is 10.7 Å². The molecule has 0 aliphatic heterocycles. The second kappa shape index (κ2) is 7.18. The molecule has 1 aromatic carbocycles. The highest BCUT2D eigenvalue weighted by atomic mass is 35.5. The molecule has 0 bridgehead atoms. The summed E-state index contributed by atoms with van der Waals surface area (Å²) in [6.07, 6.45) is 0. The van der Waals surface area contributed by atoms with Gasteiger partial charge in [0.15, 0.2) is 0 Å². The number of hydrogen-bond donors (Lipinski definition) is 1. The van der Waals surface area contributed by atoms with Crippen LogP contribution in [0.1, 0.15) is 32.0 Å². The molecule has 128 valence electrons. The van der Waals surface area contributed by atoms with E-state index >= 15 is 0 Å². The Hall–Kier alpha value is -2.14. The molecule has 1 N–H and O–H groups in total. The molecule has 0 radical (unpaired) electrons. The number of pyridine rings is 1. The van der Waals surface area contributed by atoms with Crippen LogP contribution in [0.5, 0.6) is 0 Å². The van der Waals surface area contributed by atoms with Crippen molar-refractivity contribution in [3.63, 3.8) is 0 Å². The fourth-order valence-electron chi connectivity index (χ4n) is 2.13. The Kier molecular flexibility index (Phi) is 5.44. The number of hydrogen-bond acceptors (Lipinski definition) is 4. The second-order valence-electron chi connectivity index (χ2n) is 6.61. The molecule has 0 saturated carbocycles. The number of para-hydroxylation sites is 1. The largest absolute Gasteiger partial charge is 0.458 e. The first-order valence-electron chi connectivity index (χ1n) is 7.68. The Morgan fingerprint density at radius 3 is 2.58 bits per heavy atom. The number of carbonyl (C=O) groups is 2. The molecule has 0 spiro atoms. The zero-order chi connectivity index (χ0) is 17.9. The van der Waals surface area contributed by atoms with Crippen molar-refractivity contribution in [2.75, 3.05) is 6.54 Å². The maximum absolute atomic E-state index is 11.8. The Balaban J connectivity index is 2.02. The van der Waals surface area contributed by atoms with E-state index in [0.717, 1.165) is 16.5 Å². The van der Waals surface area contributed by atoms with E-state index in [4.69, 9.17) is 16.3 Å². The van der Waals surface area contributed by atoms with E-state index in [1.807, 2.05) is 31.2 Å². The van der Waals surface area contributed by atoms with Gasteiger partial charge >= 0.3 is 5.97 Å². The summed E-state index contributed by atoms with van der Waals surface area (Å²) in [5.41, 5.74) is 1.64. The van der Waals surface area contributed by atoms with E-state index in [-0.39, 0.29) is 19.1 Å². The molecular weight excluding hydrogens is 328 g/mol. The molecular formula is C18H21ClN2O3. The number of carbonyl (C=O) groups excluding carboxylic acids is 2. The summed E-state index contributed by atoms with van der Waals surface area (Å²) in [7, 11) is 0. The van der Waals surface area contributed by atoms with Gasteiger partial charge in [-0.2, -0.15) is 0 Å². The van der Waals surface area contributed by atoms with Gasteiger partial charge in [-0.05, 0) is 18.6 Å². The minimum absolute atomic E-state index is 0.0330. The lowest BCUT2D eigenvalue weighted by Crippen LogP contribution is -2.38. The number of nitrogens with zero attached hydrogens (tertiary/aromatic N) is 1. The van der Waals surface area contributed by atoms with Crippen LogP contribution in [0.2, 0.25) is 5.02 Å². The van der Waals surface area contributed by atoms with E-state index in [9.17, 15) is 9.59 Å². The Bertz CT molecular complexity index is 782. The van der Waals surface area contributed by atoms with Crippen molar-refractivity contribution in [2.24, 2.45) is 5.41 Å². The number of halogens is 1. The summed E-state index contributed by atoms with van der Waals surface area (Å²) in [5, 5.41) is 4.00. The molecule has 0 fully saturated rings. The molecule has 1 heterocycles. The van der Waals surface area contributed by atoms with E-state index in [1.165, 1.54) is 0 Å². The van der Waals surface area contributed by atoms with Crippen molar-refractivity contribution in [3.8, 4) is 0 Å². The van der Waals surface area contributed by atoms with Crippen LogP contribution in [0.3, 0.4) is 0 Å². The van der Waals surface area contributed by atoms with Gasteiger partial charge in [0.25, 0.3) is 0 Å². The fraction of sp³-hybridized carbons (Fsp3) is 0.389. The molecule has 6 heteroatoms. The number of nitrogens with one attached hydrogen (secondary N) is 1. The molecule has 0 atom stereocenters. The van der Waals surface area contributed by atoms with Crippen molar-refractivity contribution >= 4 is 34.4 Å². The van der Waals surface area contributed by atoms with Gasteiger partial charge in [-0.15, -0.1) is 0 Å². The number of ether oxygens (including phenoxy) is 1. The lowest BCUT2D eigenvalue weighted by atomic mass is 9.96. The Morgan fingerprint density at radius 1 is 1.25 bits per heavy atom. The number of aryl methyl sites for hydroxylation is 1. The molecule has 5 nitrogen and oxygen atoms in total. The normalized spacial score (nSPS) is 11.4. The van der Waals surface area contributed by atoms with Crippen LogP contribution in [0.25, 0.3) is 10.9 Å². The molecule has 2 rings (SSSR count). The van der Waals surface area contributed by atoms with Crippen LogP contribution in [0, 0.1) is 12.3 Å². The van der Waals surface area contributed by atoms with Crippen molar-refractivity contribution in [3.05, 3.63) is 40.5 Å². The van der Waals surface area contributed by atoms with Crippen LogP contribution >= 0.6 is 11.6 Å². The van der Waals surface area contributed by atoms with Crippen molar-refractivity contribution in [2.45, 2.75) is 34.3 Å². The maximum atomic E-state index is 11.8. The topological polar surface area (TPSA) is 68.3 Å². The van der Waals surface area contributed by atoms with Crippen molar-refractivity contribution in [1.29, 1.82) is 0 Å². The summed E-state index contributed by atoms with van der Waals surface area (Å²) >= 11 is 6.32. The highest BCUT2D eigenvalue weighted by molar-refractivity contribution is 6.32. The quantitative estimate of drug-likeness (QED) is 0.860. The first kappa shape index (κ1) is 18.2.